The standard InChI is InChI=1S/C19H21NO3S.Na/c1-13-5-7-17(15(3)11-13)9-10-24(22,23)20-19(21)18-8-6-14(2)12-16(18)4;/h5-12H,1-4H3,(H,20,21);/q;+1/p-1/b10-9+;. The molecule has 0 aliphatic carbocycles. The van der Waals surface area contributed by atoms with Crippen LogP contribution in [-0.4, -0.2) is 14.3 Å². The molecule has 0 atom stereocenters. The van der Waals surface area contributed by atoms with Crippen LogP contribution in [0, 0.1) is 27.7 Å². The van der Waals surface area contributed by atoms with Crippen molar-refractivity contribution in [1.82, 2.24) is 0 Å². The van der Waals surface area contributed by atoms with Gasteiger partial charge in [-0.3, -0.25) is 0 Å². The zero-order valence-electron chi connectivity index (χ0n) is 15.2. The summed E-state index contributed by atoms with van der Waals surface area (Å²) in [5.74, 6) is -0.752. The van der Waals surface area contributed by atoms with E-state index in [1.807, 2.05) is 45.0 Å². The molecular formula is C19H20NNaO3S. The Morgan fingerprint density at radius 1 is 0.960 bits per heavy atom. The molecule has 6 heteroatoms. The van der Waals surface area contributed by atoms with Gasteiger partial charge in [0.05, 0.1) is 5.41 Å². The van der Waals surface area contributed by atoms with Gasteiger partial charge in [0.15, 0.2) is 0 Å². The van der Waals surface area contributed by atoms with Gasteiger partial charge in [-0.25, -0.2) is 0 Å². The van der Waals surface area contributed by atoms with Gasteiger partial charge in [0.1, 0.15) is 0 Å². The Kier molecular flexibility index (Phi) is 7.62. The Labute approximate surface area is 171 Å². The van der Waals surface area contributed by atoms with Crippen LogP contribution in [0.25, 0.3) is 6.08 Å². The van der Waals surface area contributed by atoms with E-state index in [-0.39, 0.29) is 29.6 Å². The largest absolute Gasteiger partial charge is 1.00 e. The van der Waals surface area contributed by atoms with Gasteiger partial charge in [-0.15, -0.1) is 0 Å². The normalized spacial score (nSPS) is 12.2. The number of nitrogens with zero attached hydrogens (tertiary/aromatic N) is 1. The van der Waals surface area contributed by atoms with Gasteiger partial charge in [0, 0.05) is 5.90 Å². The Morgan fingerprint density at radius 3 is 2.08 bits per heavy atom. The van der Waals surface area contributed by atoms with E-state index in [1.54, 1.807) is 19.1 Å². The van der Waals surface area contributed by atoms with Gasteiger partial charge in [-0.05, 0) is 56.0 Å². The van der Waals surface area contributed by atoms with Gasteiger partial charge in [-0.1, -0.05) is 47.5 Å². The summed E-state index contributed by atoms with van der Waals surface area (Å²) < 4.78 is 27.5. The molecule has 0 bridgehead atoms. The third-order valence-corrected chi connectivity index (χ3v) is 4.57. The Balaban J connectivity index is 0.00000312. The molecule has 0 amide bonds. The van der Waals surface area contributed by atoms with Crippen molar-refractivity contribution in [2.45, 2.75) is 27.7 Å². The van der Waals surface area contributed by atoms with E-state index >= 15 is 0 Å². The molecule has 2 rings (SSSR count). The number of sulfonamides is 1. The minimum atomic E-state index is -3.99. The number of hydrogen-bond acceptors (Lipinski definition) is 3. The summed E-state index contributed by atoms with van der Waals surface area (Å²) >= 11 is 0. The molecule has 0 saturated heterocycles. The molecule has 0 heterocycles. The smallest absolute Gasteiger partial charge is 0.858 e. The molecule has 126 valence electrons. The first kappa shape index (κ1) is 21.6. The second-order valence-electron chi connectivity index (χ2n) is 5.89. The summed E-state index contributed by atoms with van der Waals surface area (Å²) in [6, 6.07) is 10.9. The van der Waals surface area contributed by atoms with E-state index < -0.39 is 15.9 Å². The molecule has 25 heavy (non-hydrogen) atoms. The zero-order valence-corrected chi connectivity index (χ0v) is 18.0. The van der Waals surface area contributed by atoms with E-state index in [0.29, 0.717) is 11.1 Å². The molecular weight excluding hydrogens is 345 g/mol. The van der Waals surface area contributed by atoms with E-state index in [2.05, 4.69) is 4.40 Å². The van der Waals surface area contributed by atoms with Crippen molar-refractivity contribution in [3.8, 4) is 0 Å². The van der Waals surface area contributed by atoms with Crippen molar-refractivity contribution in [3.63, 3.8) is 0 Å². The maximum absolute atomic E-state index is 12.1. The van der Waals surface area contributed by atoms with E-state index in [0.717, 1.165) is 27.7 Å². The fourth-order valence-electron chi connectivity index (χ4n) is 2.42. The van der Waals surface area contributed by atoms with Crippen molar-refractivity contribution in [2.75, 3.05) is 0 Å². The van der Waals surface area contributed by atoms with Crippen LogP contribution in [0.3, 0.4) is 0 Å². The van der Waals surface area contributed by atoms with Crippen LogP contribution in [0.5, 0.6) is 0 Å². The summed E-state index contributed by atoms with van der Waals surface area (Å²) in [7, 11) is -3.99. The molecule has 0 fully saturated rings. The molecule has 0 aliphatic heterocycles. The molecule has 0 radical (unpaired) electrons. The molecule has 0 aliphatic rings. The molecule has 0 saturated carbocycles. The number of benzene rings is 2. The second kappa shape index (κ2) is 8.81. The van der Waals surface area contributed by atoms with Crippen LogP contribution in [0.1, 0.15) is 33.4 Å². The third kappa shape index (κ3) is 6.12. The summed E-state index contributed by atoms with van der Waals surface area (Å²) in [6.07, 6.45) is 1.46. The number of hydrogen-bond donors (Lipinski definition) is 0. The van der Waals surface area contributed by atoms with Gasteiger partial charge in [-0.2, -0.15) is 12.8 Å². The van der Waals surface area contributed by atoms with Gasteiger partial charge < -0.3 is 5.11 Å². The Morgan fingerprint density at radius 2 is 1.52 bits per heavy atom. The number of aryl methyl sites for hydroxylation is 4. The van der Waals surface area contributed by atoms with Crippen LogP contribution >= 0.6 is 0 Å². The maximum Gasteiger partial charge on any atom is 1.00 e. The van der Waals surface area contributed by atoms with Gasteiger partial charge >= 0.3 is 29.6 Å². The second-order valence-corrected chi connectivity index (χ2v) is 7.38. The molecule has 4 nitrogen and oxygen atoms in total. The molecule has 0 spiro atoms. The first-order valence-electron chi connectivity index (χ1n) is 7.53. The van der Waals surface area contributed by atoms with E-state index in [9.17, 15) is 13.5 Å². The monoisotopic (exact) mass is 365 g/mol. The molecule has 0 aromatic heterocycles. The third-order valence-electron chi connectivity index (χ3n) is 3.67. The van der Waals surface area contributed by atoms with Crippen LogP contribution in [0.2, 0.25) is 0 Å². The van der Waals surface area contributed by atoms with Crippen LogP contribution in [0.15, 0.2) is 46.2 Å². The fraction of sp³-hybridized carbons (Fsp3) is 0.211. The molecule has 0 unspecified atom stereocenters. The van der Waals surface area contributed by atoms with Crippen molar-refractivity contribution < 1.29 is 43.1 Å². The summed E-state index contributed by atoms with van der Waals surface area (Å²) in [5, 5.41) is 13.1. The summed E-state index contributed by atoms with van der Waals surface area (Å²) in [4.78, 5) is 0. The van der Waals surface area contributed by atoms with E-state index in [4.69, 9.17) is 0 Å². The fourth-order valence-corrected chi connectivity index (χ4v) is 3.13. The average Bonchev–Trinajstić information content (AvgIpc) is 2.45. The van der Waals surface area contributed by atoms with E-state index in [1.165, 1.54) is 6.08 Å². The van der Waals surface area contributed by atoms with Crippen LogP contribution in [-0.2, 0) is 10.0 Å². The van der Waals surface area contributed by atoms with Crippen molar-refractivity contribution in [3.05, 3.63) is 75.2 Å². The number of rotatable bonds is 4. The van der Waals surface area contributed by atoms with Crippen molar-refractivity contribution >= 4 is 22.0 Å². The molecule has 2 aromatic carbocycles. The first-order valence-corrected chi connectivity index (χ1v) is 9.03. The Bertz CT molecular complexity index is 932. The Hall–Kier alpha value is -1.40. The van der Waals surface area contributed by atoms with Crippen molar-refractivity contribution in [1.29, 1.82) is 0 Å². The van der Waals surface area contributed by atoms with Crippen LogP contribution < -0.4 is 34.7 Å². The minimum Gasteiger partial charge on any atom is -0.858 e. The molecule has 0 N–H and O–H groups in total. The van der Waals surface area contributed by atoms with Crippen LogP contribution in [0.4, 0.5) is 0 Å². The summed E-state index contributed by atoms with van der Waals surface area (Å²) in [5.41, 5.74) is 4.84. The average molecular weight is 365 g/mol. The maximum atomic E-state index is 12.1. The van der Waals surface area contributed by atoms with Gasteiger partial charge in [0.2, 0.25) is 0 Å². The minimum absolute atomic E-state index is 0. The predicted molar refractivity (Wildman–Crippen MR) is 96.3 cm³/mol. The predicted octanol–water partition coefficient (Wildman–Crippen LogP) is 0.0319. The summed E-state index contributed by atoms with van der Waals surface area (Å²) in [6.45, 7) is 7.53. The first-order chi connectivity index (χ1) is 11.2. The molecule has 2 aromatic rings. The quantitative estimate of drug-likeness (QED) is 0.436. The van der Waals surface area contributed by atoms with Crippen molar-refractivity contribution in [2.24, 2.45) is 4.40 Å². The topological polar surface area (TPSA) is 69.6 Å². The SMILES string of the molecule is Cc1ccc(/C=C/S(=O)(=O)/N=C(\[O-])c2ccc(C)cc2C)c(C)c1.[Na+]. The zero-order chi connectivity index (χ0) is 17.9. The van der Waals surface area contributed by atoms with Gasteiger partial charge in [0.25, 0.3) is 10.0 Å².